The molecule has 1 amide bonds. The molecule has 0 spiro atoms. The summed E-state index contributed by atoms with van der Waals surface area (Å²) in [5.41, 5.74) is 2.54. The smallest absolute Gasteiger partial charge is 0.258 e. The Balaban J connectivity index is 0.00000196. The summed E-state index contributed by atoms with van der Waals surface area (Å²) in [5, 5.41) is 10.4. The van der Waals surface area contributed by atoms with E-state index in [0.29, 0.717) is 11.7 Å². The summed E-state index contributed by atoms with van der Waals surface area (Å²) in [6, 6.07) is 5.71. The lowest BCUT2D eigenvalue weighted by Crippen LogP contribution is -2.44. The van der Waals surface area contributed by atoms with Crippen molar-refractivity contribution in [1.29, 1.82) is 0 Å². The average molecular weight is 379 g/mol. The molecular formula is C17H23ClN6O2. The van der Waals surface area contributed by atoms with Crippen molar-refractivity contribution in [2.24, 2.45) is 0 Å². The van der Waals surface area contributed by atoms with E-state index in [9.17, 15) is 4.79 Å². The molecule has 8 nitrogen and oxygen atoms in total. The van der Waals surface area contributed by atoms with Crippen molar-refractivity contribution in [3.63, 3.8) is 0 Å². The van der Waals surface area contributed by atoms with Crippen molar-refractivity contribution in [2.75, 3.05) is 43.9 Å². The summed E-state index contributed by atoms with van der Waals surface area (Å²) in [6.07, 6.45) is 0. The molecule has 1 fully saturated rings. The lowest BCUT2D eigenvalue weighted by molar-refractivity contribution is -0.117. The Kier molecular flexibility index (Phi) is 5.17. The van der Waals surface area contributed by atoms with Gasteiger partial charge in [-0.25, -0.2) is 0 Å². The van der Waals surface area contributed by atoms with Gasteiger partial charge in [-0.05, 0) is 32.2 Å². The largest absolute Gasteiger partial charge is 0.361 e. The van der Waals surface area contributed by atoms with Crippen LogP contribution in [0.4, 0.5) is 11.4 Å². The second-order valence-electron chi connectivity index (χ2n) is 6.67. The number of amides is 1. The molecule has 0 saturated carbocycles. The first-order valence-corrected chi connectivity index (χ1v) is 8.47. The van der Waals surface area contributed by atoms with Gasteiger partial charge in [0.15, 0.2) is 5.82 Å². The number of nitrogens with one attached hydrogen (secondary N) is 2. The molecule has 0 bridgehead atoms. The van der Waals surface area contributed by atoms with Gasteiger partial charge in [-0.3, -0.25) is 9.69 Å². The number of piperazine rings is 1. The molecule has 9 heteroatoms. The maximum absolute atomic E-state index is 12.0. The van der Waals surface area contributed by atoms with E-state index in [4.69, 9.17) is 4.52 Å². The number of carbonyl (C=O) groups is 1. The van der Waals surface area contributed by atoms with Crippen LogP contribution in [0.15, 0.2) is 22.7 Å². The van der Waals surface area contributed by atoms with Gasteiger partial charge >= 0.3 is 0 Å². The van der Waals surface area contributed by atoms with Crippen LogP contribution >= 0.6 is 12.4 Å². The number of hydrogen-bond acceptors (Lipinski definition) is 7. The van der Waals surface area contributed by atoms with Crippen molar-refractivity contribution in [2.45, 2.75) is 19.0 Å². The minimum Gasteiger partial charge on any atom is -0.361 e. The van der Waals surface area contributed by atoms with Crippen LogP contribution in [0.5, 0.6) is 0 Å². The van der Waals surface area contributed by atoms with E-state index < -0.39 is 0 Å². The lowest BCUT2D eigenvalue weighted by atomic mass is 10.1. The number of aromatic nitrogens is 2. The van der Waals surface area contributed by atoms with E-state index in [1.807, 2.05) is 37.1 Å². The van der Waals surface area contributed by atoms with E-state index in [0.717, 1.165) is 36.6 Å². The molecule has 3 heterocycles. The van der Waals surface area contributed by atoms with Crippen LogP contribution in [0, 0.1) is 0 Å². The first-order valence-electron chi connectivity index (χ1n) is 8.47. The highest BCUT2D eigenvalue weighted by molar-refractivity contribution is 6.03. The van der Waals surface area contributed by atoms with Gasteiger partial charge < -0.3 is 20.1 Å². The predicted octanol–water partition coefficient (Wildman–Crippen LogP) is 1.51. The molecule has 1 saturated heterocycles. The summed E-state index contributed by atoms with van der Waals surface area (Å²) in [5.74, 6) is 1.12. The fourth-order valence-corrected chi connectivity index (χ4v) is 3.28. The maximum atomic E-state index is 12.0. The summed E-state index contributed by atoms with van der Waals surface area (Å²) in [4.78, 5) is 20.8. The molecule has 140 valence electrons. The summed E-state index contributed by atoms with van der Waals surface area (Å²) in [6.45, 7) is 4.60. The van der Waals surface area contributed by atoms with Gasteiger partial charge in [0.2, 0.25) is 5.91 Å². The lowest BCUT2D eigenvalue weighted by Gasteiger charge is -2.33. The predicted molar refractivity (Wildman–Crippen MR) is 102 cm³/mol. The maximum Gasteiger partial charge on any atom is 0.258 e. The normalized spacial score (nSPS) is 23.2. The molecule has 26 heavy (non-hydrogen) atoms. The standard InChI is InChI=1S/C17H22N6O2.ClH/c1-10-16(24)19-12-8-11(4-5-13(12)23(10)3)17-20-15(21-25-17)14-9-18-6-7-22(14)2;/h4-5,8,10,14,18H,6-7,9H2,1-3H3,(H,19,24);1H. The fourth-order valence-electron chi connectivity index (χ4n) is 3.28. The molecule has 2 aromatic rings. The molecule has 4 rings (SSSR count). The molecular weight excluding hydrogens is 356 g/mol. The second-order valence-corrected chi connectivity index (χ2v) is 6.67. The highest BCUT2D eigenvalue weighted by atomic mass is 35.5. The molecule has 1 aromatic carbocycles. The first kappa shape index (κ1) is 18.6. The van der Waals surface area contributed by atoms with Crippen LogP contribution in [-0.2, 0) is 4.79 Å². The van der Waals surface area contributed by atoms with E-state index >= 15 is 0 Å². The number of hydrogen-bond donors (Lipinski definition) is 2. The van der Waals surface area contributed by atoms with Crippen molar-refractivity contribution >= 4 is 29.7 Å². The molecule has 2 unspecified atom stereocenters. The Bertz CT molecular complexity index is 810. The average Bonchev–Trinajstić information content (AvgIpc) is 3.09. The number of nitrogens with zero attached hydrogens (tertiary/aromatic N) is 4. The van der Waals surface area contributed by atoms with Crippen LogP contribution in [0.3, 0.4) is 0 Å². The van der Waals surface area contributed by atoms with Gasteiger partial charge in [-0.1, -0.05) is 5.16 Å². The van der Waals surface area contributed by atoms with Gasteiger partial charge in [-0.2, -0.15) is 4.98 Å². The number of halogens is 1. The Morgan fingerprint density at radius 3 is 2.88 bits per heavy atom. The molecule has 0 radical (unpaired) electrons. The fraction of sp³-hybridized carbons (Fsp3) is 0.471. The summed E-state index contributed by atoms with van der Waals surface area (Å²) < 4.78 is 5.48. The van der Waals surface area contributed by atoms with E-state index in [2.05, 4.69) is 32.7 Å². The molecule has 2 aliphatic rings. The number of carbonyl (C=O) groups excluding carboxylic acids is 1. The zero-order valence-corrected chi connectivity index (χ0v) is 15.8. The Morgan fingerprint density at radius 1 is 1.31 bits per heavy atom. The van der Waals surface area contributed by atoms with Crippen molar-refractivity contribution in [3.8, 4) is 11.5 Å². The third kappa shape index (κ3) is 3.15. The third-order valence-electron chi connectivity index (χ3n) is 5.09. The Hall–Kier alpha value is -2.16. The van der Waals surface area contributed by atoms with Crippen LogP contribution in [0.1, 0.15) is 18.8 Å². The molecule has 2 N–H and O–H groups in total. The van der Waals surface area contributed by atoms with Crippen LogP contribution in [0.2, 0.25) is 0 Å². The SMILES string of the molecule is CC1C(=O)Nc2cc(-c3nc(C4CNCCN4C)no3)ccc2N1C.Cl. The minimum absolute atomic E-state index is 0. The quantitative estimate of drug-likeness (QED) is 0.819. The highest BCUT2D eigenvalue weighted by Crippen LogP contribution is 2.34. The molecule has 1 aromatic heterocycles. The number of rotatable bonds is 2. The van der Waals surface area contributed by atoms with Gasteiger partial charge in [0.1, 0.15) is 6.04 Å². The summed E-state index contributed by atoms with van der Waals surface area (Å²) in [7, 11) is 3.98. The first-order chi connectivity index (χ1) is 12.0. The highest BCUT2D eigenvalue weighted by Gasteiger charge is 2.28. The summed E-state index contributed by atoms with van der Waals surface area (Å²) >= 11 is 0. The van der Waals surface area contributed by atoms with Crippen molar-refractivity contribution in [1.82, 2.24) is 20.4 Å². The molecule has 2 atom stereocenters. The Labute approximate surface area is 158 Å². The number of fused-ring (bicyclic) bond motifs is 1. The zero-order valence-electron chi connectivity index (χ0n) is 15.0. The third-order valence-corrected chi connectivity index (χ3v) is 5.09. The van der Waals surface area contributed by atoms with Crippen molar-refractivity contribution < 1.29 is 9.32 Å². The zero-order chi connectivity index (χ0) is 17.6. The monoisotopic (exact) mass is 378 g/mol. The van der Waals surface area contributed by atoms with Gasteiger partial charge in [0, 0.05) is 32.2 Å². The van der Waals surface area contributed by atoms with Crippen LogP contribution < -0.4 is 15.5 Å². The number of anilines is 2. The van der Waals surface area contributed by atoms with Gasteiger partial charge in [0.25, 0.3) is 5.89 Å². The van der Waals surface area contributed by atoms with E-state index in [1.54, 1.807) is 0 Å². The van der Waals surface area contributed by atoms with E-state index in [-0.39, 0.29) is 30.4 Å². The van der Waals surface area contributed by atoms with Gasteiger partial charge in [0.05, 0.1) is 17.4 Å². The van der Waals surface area contributed by atoms with Crippen molar-refractivity contribution in [3.05, 3.63) is 24.0 Å². The Morgan fingerprint density at radius 2 is 2.12 bits per heavy atom. The minimum atomic E-state index is -0.192. The number of likely N-dealkylation sites (N-methyl/N-ethyl adjacent to an activating group) is 2. The van der Waals surface area contributed by atoms with Crippen LogP contribution in [-0.4, -0.2) is 60.7 Å². The van der Waals surface area contributed by atoms with E-state index in [1.165, 1.54) is 0 Å². The van der Waals surface area contributed by atoms with Gasteiger partial charge in [-0.15, -0.1) is 12.4 Å². The molecule has 2 aliphatic heterocycles. The second kappa shape index (κ2) is 7.22. The number of benzene rings is 1. The molecule has 0 aliphatic carbocycles. The van der Waals surface area contributed by atoms with Crippen LogP contribution in [0.25, 0.3) is 11.5 Å². The topological polar surface area (TPSA) is 86.5 Å².